The summed E-state index contributed by atoms with van der Waals surface area (Å²) in [4.78, 5) is 12.5. The Balaban J connectivity index is 2.23. The molecule has 4 nitrogen and oxygen atoms in total. The lowest BCUT2D eigenvalue weighted by molar-refractivity contribution is 0.102. The van der Waals surface area contributed by atoms with Gasteiger partial charge in [-0.15, -0.1) is 0 Å². The zero-order chi connectivity index (χ0) is 17.5. The van der Waals surface area contributed by atoms with Gasteiger partial charge in [-0.3, -0.25) is 4.79 Å². The molecule has 1 amide bonds. The van der Waals surface area contributed by atoms with E-state index in [1.165, 1.54) is 0 Å². The third-order valence-electron chi connectivity index (χ3n) is 3.31. The van der Waals surface area contributed by atoms with Gasteiger partial charge in [0, 0.05) is 16.3 Å². The van der Waals surface area contributed by atoms with E-state index in [1.807, 2.05) is 19.9 Å². The van der Waals surface area contributed by atoms with Gasteiger partial charge in [-0.05, 0) is 49.7 Å². The van der Waals surface area contributed by atoms with E-state index >= 15 is 0 Å². The number of nitrogens with one attached hydrogen (secondary N) is 1. The first-order valence-corrected chi connectivity index (χ1v) is 8.01. The predicted molar refractivity (Wildman–Crippen MR) is 97.4 cm³/mol. The van der Waals surface area contributed by atoms with Crippen molar-refractivity contribution in [3.63, 3.8) is 0 Å². The molecule has 0 bridgehead atoms. The molecular weight excluding hydrogens is 326 g/mol. The fourth-order valence-electron chi connectivity index (χ4n) is 2.11. The summed E-state index contributed by atoms with van der Waals surface area (Å²) in [6.45, 7) is 8.24. The lowest BCUT2D eigenvalue weighted by Gasteiger charge is -2.13. The molecule has 1 N–H and O–H groups in total. The van der Waals surface area contributed by atoms with E-state index in [0.717, 1.165) is 5.56 Å². The number of ether oxygens (including phenoxy) is 2. The van der Waals surface area contributed by atoms with Gasteiger partial charge in [0.05, 0.1) is 6.61 Å². The lowest BCUT2D eigenvalue weighted by Crippen LogP contribution is -2.13. The third-order valence-corrected chi connectivity index (χ3v) is 3.55. The summed E-state index contributed by atoms with van der Waals surface area (Å²) in [5.74, 6) is 0.860. The number of hydrogen-bond donors (Lipinski definition) is 1. The largest absolute Gasteiger partial charge is 0.490 e. The Kier molecular flexibility index (Phi) is 6.27. The molecule has 0 unspecified atom stereocenters. The van der Waals surface area contributed by atoms with Gasteiger partial charge in [0.25, 0.3) is 5.91 Å². The number of anilines is 1. The number of benzene rings is 2. The Labute approximate surface area is 147 Å². The van der Waals surface area contributed by atoms with Crippen LogP contribution in [0.3, 0.4) is 0 Å². The minimum absolute atomic E-state index is 0.239. The van der Waals surface area contributed by atoms with E-state index < -0.39 is 0 Å². The van der Waals surface area contributed by atoms with E-state index in [0.29, 0.717) is 41.0 Å². The van der Waals surface area contributed by atoms with Crippen molar-refractivity contribution in [3.05, 3.63) is 65.2 Å². The van der Waals surface area contributed by atoms with Crippen LogP contribution in [0.1, 0.15) is 22.8 Å². The van der Waals surface area contributed by atoms with Crippen LogP contribution < -0.4 is 14.8 Å². The summed E-state index contributed by atoms with van der Waals surface area (Å²) in [5.41, 5.74) is 2.09. The highest BCUT2D eigenvalue weighted by atomic mass is 35.5. The molecular formula is C19H20ClNO3. The van der Waals surface area contributed by atoms with Crippen molar-refractivity contribution in [1.29, 1.82) is 0 Å². The number of carbonyl (C=O) groups is 1. The lowest BCUT2D eigenvalue weighted by atomic mass is 10.1. The fraction of sp³-hybridized carbons (Fsp3) is 0.211. The van der Waals surface area contributed by atoms with Gasteiger partial charge in [-0.2, -0.15) is 0 Å². The second-order valence-electron chi connectivity index (χ2n) is 5.11. The number of carbonyl (C=O) groups excluding carboxylic acids is 1. The highest BCUT2D eigenvalue weighted by Crippen LogP contribution is 2.29. The number of halogens is 1. The molecule has 0 aliphatic rings. The monoisotopic (exact) mass is 345 g/mol. The van der Waals surface area contributed by atoms with E-state index in [1.54, 1.807) is 36.4 Å². The molecule has 126 valence electrons. The van der Waals surface area contributed by atoms with E-state index in [4.69, 9.17) is 21.1 Å². The summed E-state index contributed by atoms with van der Waals surface area (Å²) in [7, 11) is 0. The van der Waals surface area contributed by atoms with Crippen molar-refractivity contribution in [2.45, 2.75) is 13.8 Å². The smallest absolute Gasteiger partial charge is 0.255 e. The SMILES string of the molecule is C=CCOc1ccc(C(=O)Nc2cc(Cl)ccc2C)cc1OCC. The van der Waals surface area contributed by atoms with Crippen LogP contribution in [0.2, 0.25) is 5.02 Å². The minimum Gasteiger partial charge on any atom is -0.490 e. The maximum absolute atomic E-state index is 12.5. The fourth-order valence-corrected chi connectivity index (χ4v) is 2.28. The number of aryl methyl sites for hydroxylation is 1. The summed E-state index contributed by atoms with van der Waals surface area (Å²) in [6, 6.07) is 10.4. The molecule has 0 atom stereocenters. The van der Waals surface area contributed by atoms with Crippen LogP contribution in [0.4, 0.5) is 5.69 Å². The van der Waals surface area contributed by atoms with Crippen molar-refractivity contribution in [2.24, 2.45) is 0 Å². The second-order valence-corrected chi connectivity index (χ2v) is 5.54. The average Bonchev–Trinajstić information content (AvgIpc) is 2.57. The maximum Gasteiger partial charge on any atom is 0.255 e. The van der Waals surface area contributed by atoms with Crippen LogP contribution in [0, 0.1) is 6.92 Å². The zero-order valence-corrected chi connectivity index (χ0v) is 14.5. The molecule has 2 aromatic carbocycles. The first-order valence-electron chi connectivity index (χ1n) is 7.63. The quantitative estimate of drug-likeness (QED) is 0.729. The van der Waals surface area contributed by atoms with Crippen LogP contribution in [0.15, 0.2) is 49.1 Å². The molecule has 2 rings (SSSR count). The number of rotatable bonds is 7. The number of amides is 1. The molecule has 0 saturated heterocycles. The standard InChI is InChI=1S/C19H20ClNO3/c1-4-10-24-17-9-7-14(11-18(17)23-5-2)19(22)21-16-12-15(20)8-6-13(16)3/h4,6-9,11-12H,1,5,10H2,2-3H3,(H,21,22). The number of hydrogen-bond acceptors (Lipinski definition) is 3. The third kappa shape index (κ3) is 4.52. The zero-order valence-electron chi connectivity index (χ0n) is 13.8. The molecule has 0 heterocycles. The van der Waals surface area contributed by atoms with Gasteiger partial charge in [0.2, 0.25) is 0 Å². The Morgan fingerprint density at radius 1 is 1.21 bits per heavy atom. The topological polar surface area (TPSA) is 47.6 Å². The summed E-state index contributed by atoms with van der Waals surface area (Å²) >= 11 is 5.99. The van der Waals surface area contributed by atoms with E-state index in [9.17, 15) is 4.79 Å². The predicted octanol–water partition coefficient (Wildman–Crippen LogP) is 4.86. The Bertz CT molecular complexity index is 743. The van der Waals surface area contributed by atoms with Crippen molar-refractivity contribution < 1.29 is 14.3 Å². The van der Waals surface area contributed by atoms with Crippen LogP contribution in [-0.4, -0.2) is 19.1 Å². The molecule has 0 aliphatic carbocycles. The van der Waals surface area contributed by atoms with Crippen LogP contribution >= 0.6 is 11.6 Å². The van der Waals surface area contributed by atoms with Crippen LogP contribution in [0.5, 0.6) is 11.5 Å². The summed E-state index contributed by atoms with van der Waals surface area (Å²) in [5, 5.41) is 3.43. The molecule has 0 spiro atoms. The van der Waals surface area contributed by atoms with Gasteiger partial charge >= 0.3 is 0 Å². The van der Waals surface area contributed by atoms with Crippen molar-refractivity contribution in [1.82, 2.24) is 0 Å². The first kappa shape index (κ1) is 17.9. The van der Waals surface area contributed by atoms with Gasteiger partial charge in [-0.1, -0.05) is 30.3 Å². The molecule has 0 fully saturated rings. The highest BCUT2D eigenvalue weighted by molar-refractivity contribution is 6.31. The van der Waals surface area contributed by atoms with Gasteiger partial charge in [-0.25, -0.2) is 0 Å². The molecule has 24 heavy (non-hydrogen) atoms. The molecule has 2 aromatic rings. The highest BCUT2D eigenvalue weighted by Gasteiger charge is 2.13. The van der Waals surface area contributed by atoms with Gasteiger partial charge < -0.3 is 14.8 Å². The molecule has 5 heteroatoms. The van der Waals surface area contributed by atoms with Crippen molar-refractivity contribution in [2.75, 3.05) is 18.5 Å². The summed E-state index contributed by atoms with van der Waals surface area (Å²) in [6.07, 6.45) is 1.65. The van der Waals surface area contributed by atoms with Crippen molar-refractivity contribution in [3.8, 4) is 11.5 Å². The van der Waals surface area contributed by atoms with Gasteiger partial charge in [0.15, 0.2) is 11.5 Å². The van der Waals surface area contributed by atoms with Crippen LogP contribution in [0.25, 0.3) is 0 Å². The Morgan fingerprint density at radius 2 is 2.00 bits per heavy atom. The normalized spacial score (nSPS) is 10.1. The van der Waals surface area contributed by atoms with Gasteiger partial charge in [0.1, 0.15) is 6.61 Å². The second kappa shape index (κ2) is 8.41. The summed E-state index contributed by atoms with van der Waals surface area (Å²) < 4.78 is 11.1. The van der Waals surface area contributed by atoms with E-state index in [-0.39, 0.29) is 5.91 Å². The molecule has 0 radical (unpaired) electrons. The molecule has 0 aliphatic heterocycles. The van der Waals surface area contributed by atoms with Crippen molar-refractivity contribution >= 4 is 23.2 Å². The van der Waals surface area contributed by atoms with E-state index in [2.05, 4.69) is 11.9 Å². The Hall–Kier alpha value is -2.46. The maximum atomic E-state index is 12.5. The van der Waals surface area contributed by atoms with Crippen LogP contribution in [-0.2, 0) is 0 Å². The first-order chi connectivity index (χ1) is 11.5. The molecule has 0 saturated carbocycles. The average molecular weight is 346 g/mol. The Morgan fingerprint density at radius 3 is 2.71 bits per heavy atom. The molecule has 0 aromatic heterocycles. The minimum atomic E-state index is -0.239.